The van der Waals surface area contributed by atoms with E-state index >= 15 is 0 Å². The fraction of sp³-hybridized carbons (Fsp3) is 0. The van der Waals surface area contributed by atoms with Crippen LogP contribution in [0.4, 0.5) is 17.1 Å². The van der Waals surface area contributed by atoms with Gasteiger partial charge in [0.1, 0.15) is 27.8 Å². The molecule has 6 heteroatoms. The molecule has 55 heavy (non-hydrogen) atoms. The van der Waals surface area contributed by atoms with Gasteiger partial charge in [-0.3, -0.25) is 0 Å². The van der Waals surface area contributed by atoms with E-state index < -0.39 is 0 Å². The van der Waals surface area contributed by atoms with E-state index in [1.165, 1.54) is 5.39 Å². The highest BCUT2D eigenvalue weighted by Crippen LogP contribution is 2.46. The molecule has 0 N–H and O–H groups in total. The summed E-state index contributed by atoms with van der Waals surface area (Å²) in [6, 6.07) is 61.0. The molecule has 0 bridgehead atoms. The second kappa shape index (κ2) is 11.5. The van der Waals surface area contributed by atoms with Crippen molar-refractivity contribution in [3.05, 3.63) is 176 Å². The van der Waals surface area contributed by atoms with Gasteiger partial charge in [0.25, 0.3) is 0 Å². The van der Waals surface area contributed by atoms with Crippen LogP contribution in [0.3, 0.4) is 0 Å². The minimum Gasteiger partial charge on any atom is -0.456 e. The molecule has 0 atom stereocenters. The largest absolute Gasteiger partial charge is 0.456 e. The van der Waals surface area contributed by atoms with E-state index in [0.717, 1.165) is 94.1 Å². The summed E-state index contributed by atoms with van der Waals surface area (Å²) in [7, 11) is 0. The van der Waals surface area contributed by atoms with E-state index in [1.54, 1.807) is 0 Å². The smallest absolute Gasteiger partial charge is 0.227 e. The number of rotatable bonds is 5. The topological polar surface area (TPSA) is 60.5 Å². The van der Waals surface area contributed by atoms with Gasteiger partial charge in [0.2, 0.25) is 5.89 Å². The summed E-state index contributed by atoms with van der Waals surface area (Å²) in [4.78, 5) is 7.18. The van der Waals surface area contributed by atoms with Crippen molar-refractivity contribution in [2.75, 3.05) is 4.90 Å². The molecule has 0 spiro atoms. The molecule has 0 aliphatic carbocycles. The Balaban J connectivity index is 1.10. The van der Waals surface area contributed by atoms with Crippen LogP contribution < -0.4 is 4.90 Å². The molecule has 4 aromatic heterocycles. The normalized spacial score (nSPS) is 12.0. The molecule has 0 aliphatic rings. The van der Waals surface area contributed by atoms with Crippen LogP contribution in [-0.2, 0) is 0 Å². The maximum Gasteiger partial charge on any atom is 0.227 e. The van der Waals surface area contributed by atoms with Crippen LogP contribution in [0, 0.1) is 0 Å². The molecule has 0 radical (unpaired) electrons. The highest BCUT2D eigenvalue weighted by Gasteiger charge is 2.23. The zero-order chi connectivity index (χ0) is 36.0. The Bertz CT molecular complexity index is 3440. The third-order valence-corrected chi connectivity index (χ3v) is 10.8. The van der Waals surface area contributed by atoms with Crippen LogP contribution in [0.15, 0.2) is 189 Å². The van der Waals surface area contributed by atoms with Crippen LogP contribution in [-0.4, -0.2) is 9.55 Å². The molecule has 0 unspecified atom stereocenters. The number of benzene rings is 8. The lowest BCUT2D eigenvalue weighted by molar-refractivity contribution is 0.617. The van der Waals surface area contributed by atoms with E-state index in [4.69, 9.17) is 18.2 Å². The maximum atomic E-state index is 6.64. The van der Waals surface area contributed by atoms with Gasteiger partial charge in [-0.15, -0.1) is 0 Å². The number of oxazole rings is 1. The molecule has 8 aromatic carbocycles. The average molecular weight is 708 g/mol. The number of fused-ring (bicyclic) bond motifs is 10. The lowest BCUT2D eigenvalue weighted by atomic mass is 10.1. The second-order valence-corrected chi connectivity index (χ2v) is 14.0. The van der Waals surface area contributed by atoms with Crippen molar-refractivity contribution >= 4 is 93.8 Å². The second-order valence-electron chi connectivity index (χ2n) is 14.0. The van der Waals surface area contributed by atoms with Gasteiger partial charge in [-0.1, -0.05) is 78.9 Å². The summed E-state index contributed by atoms with van der Waals surface area (Å²) in [5.41, 5.74) is 12.1. The molecule has 0 fully saturated rings. The lowest BCUT2D eigenvalue weighted by Gasteiger charge is -2.26. The van der Waals surface area contributed by atoms with Crippen LogP contribution >= 0.6 is 0 Å². The Morgan fingerprint density at radius 1 is 0.418 bits per heavy atom. The standard InChI is InChI=1S/C49H29N3O3/c1-3-12-30(13-4-1)49-50-39-28-38-35-24-22-33(27-45(35)54-46(38)29-47(39)55-49)51(32-23-25-44-37(26-32)34-16-8-10-21-43(34)53-44)41-19-11-20-42-48(41)36-17-7-9-18-40(36)52(42)31-14-5-2-6-15-31/h1-29H. The molecule has 258 valence electrons. The van der Waals surface area contributed by atoms with Gasteiger partial charge in [0, 0.05) is 67.1 Å². The summed E-state index contributed by atoms with van der Waals surface area (Å²) in [6.07, 6.45) is 0. The minimum absolute atomic E-state index is 0.593. The van der Waals surface area contributed by atoms with Crippen molar-refractivity contribution in [2.45, 2.75) is 0 Å². The molecule has 6 nitrogen and oxygen atoms in total. The first-order valence-electron chi connectivity index (χ1n) is 18.4. The lowest BCUT2D eigenvalue weighted by Crippen LogP contribution is -2.10. The Morgan fingerprint density at radius 3 is 1.96 bits per heavy atom. The predicted octanol–water partition coefficient (Wildman–Crippen LogP) is 13.9. The number of hydrogen-bond donors (Lipinski definition) is 0. The zero-order valence-electron chi connectivity index (χ0n) is 29.3. The summed E-state index contributed by atoms with van der Waals surface area (Å²) in [5, 5.41) is 6.48. The third kappa shape index (κ3) is 4.52. The number of nitrogens with zero attached hydrogens (tertiary/aromatic N) is 3. The van der Waals surface area contributed by atoms with Crippen LogP contribution in [0.2, 0.25) is 0 Å². The van der Waals surface area contributed by atoms with Crippen LogP contribution in [0.1, 0.15) is 0 Å². The summed E-state index contributed by atoms with van der Waals surface area (Å²) < 4.78 is 21.5. The first-order valence-corrected chi connectivity index (χ1v) is 18.4. The van der Waals surface area contributed by atoms with E-state index in [2.05, 4.69) is 137 Å². The molecule has 0 aliphatic heterocycles. The van der Waals surface area contributed by atoms with Crippen molar-refractivity contribution in [1.82, 2.24) is 9.55 Å². The van der Waals surface area contributed by atoms with Gasteiger partial charge in [-0.05, 0) is 84.9 Å². The molecule has 0 saturated carbocycles. The summed E-state index contributed by atoms with van der Waals surface area (Å²) >= 11 is 0. The number of aromatic nitrogens is 2. The van der Waals surface area contributed by atoms with Gasteiger partial charge < -0.3 is 22.7 Å². The Labute approximate surface area is 313 Å². The van der Waals surface area contributed by atoms with Gasteiger partial charge in [0.05, 0.1) is 16.7 Å². The number of anilines is 3. The van der Waals surface area contributed by atoms with Crippen molar-refractivity contribution in [3.63, 3.8) is 0 Å². The molecule has 0 saturated heterocycles. The van der Waals surface area contributed by atoms with Gasteiger partial charge >= 0.3 is 0 Å². The van der Waals surface area contributed by atoms with Crippen LogP contribution in [0.5, 0.6) is 0 Å². The average Bonchev–Trinajstić information content (AvgIpc) is 4.01. The van der Waals surface area contributed by atoms with Crippen molar-refractivity contribution in [3.8, 4) is 17.1 Å². The highest BCUT2D eigenvalue weighted by atomic mass is 16.4. The molecular weight excluding hydrogens is 679 g/mol. The SMILES string of the molecule is c1ccc(-c2nc3cc4c(cc3o2)oc2cc(N(c3ccc5oc6ccccc6c5c3)c3cccc5c3c3ccccc3n5-c3ccccc3)ccc24)cc1. The molecule has 4 heterocycles. The number of hydrogen-bond acceptors (Lipinski definition) is 5. The van der Waals surface area contributed by atoms with E-state index in [9.17, 15) is 0 Å². The van der Waals surface area contributed by atoms with E-state index in [-0.39, 0.29) is 0 Å². The van der Waals surface area contributed by atoms with Gasteiger partial charge in [0.15, 0.2) is 5.58 Å². The molecule has 12 aromatic rings. The highest BCUT2D eigenvalue weighted by molar-refractivity contribution is 6.17. The number of furan rings is 2. The van der Waals surface area contributed by atoms with Crippen molar-refractivity contribution in [2.24, 2.45) is 0 Å². The van der Waals surface area contributed by atoms with Crippen molar-refractivity contribution in [1.29, 1.82) is 0 Å². The first kappa shape index (κ1) is 29.9. The zero-order valence-corrected chi connectivity index (χ0v) is 29.3. The fourth-order valence-corrected chi connectivity index (χ4v) is 8.35. The Kier molecular flexibility index (Phi) is 6.24. The summed E-state index contributed by atoms with van der Waals surface area (Å²) in [6.45, 7) is 0. The molecular formula is C49H29N3O3. The predicted molar refractivity (Wildman–Crippen MR) is 223 cm³/mol. The third-order valence-electron chi connectivity index (χ3n) is 10.8. The first-order chi connectivity index (χ1) is 27.2. The minimum atomic E-state index is 0.593. The van der Waals surface area contributed by atoms with E-state index in [1.807, 2.05) is 48.5 Å². The van der Waals surface area contributed by atoms with Crippen LogP contribution in [0.25, 0.3) is 93.9 Å². The van der Waals surface area contributed by atoms with Gasteiger partial charge in [-0.2, -0.15) is 0 Å². The summed E-state index contributed by atoms with van der Waals surface area (Å²) in [5.74, 6) is 0.593. The van der Waals surface area contributed by atoms with Gasteiger partial charge in [-0.25, -0.2) is 4.98 Å². The Hall–Kier alpha value is -7.57. The van der Waals surface area contributed by atoms with Crippen molar-refractivity contribution < 1.29 is 13.3 Å². The van der Waals surface area contributed by atoms with E-state index in [0.29, 0.717) is 11.5 Å². The quantitative estimate of drug-likeness (QED) is 0.178. The monoisotopic (exact) mass is 707 g/mol. The fourth-order valence-electron chi connectivity index (χ4n) is 8.35. The molecule has 12 rings (SSSR count). The maximum absolute atomic E-state index is 6.64. The Morgan fingerprint density at radius 2 is 1.07 bits per heavy atom. The number of para-hydroxylation sites is 3. The molecule has 0 amide bonds.